The van der Waals surface area contributed by atoms with Crippen molar-refractivity contribution in [3.8, 4) is 5.75 Å². The van der Waals surface area contributed by atoms with Crippen LogP contribution in [0.2, 0.25) is 5.02 Å². The van der Waals surface area contributed by atoms with Gasteiger partial charge < -0.3 is 10.1 Å². The lowest BCUT2D eigenvalue weighted by atomic mass is 10.2. The molecule has 0 spiro atoms. The van der Waals surface area contributed by atoms with E-state index in [2.05, 4.69) is 10.0 Å². The summed E-state index contributed by atoms with van der Waals surface area (Å²) in [5, 5.41) is 2.90. The summed E-state index contributed by atoms with van der Waals surface area (Å²) in [6.07, 6.45) is 0.821. The minimum Gasteiger partial charge on any atom is -0.482 e. The van der Waals surface area contributed by atoms with Crippen molar-refractivity contribution in [2.45, 2.75) is 51.1 Å². The van der Waals surface area contributed by atoms with Crippen LogP contribution in [0.15, 0.2) is 23.1 Å². The van der Waals surface area contributed by atoms with E-state index in [0.29, 0.717) is 0 Å². The van der Waals surface area contributed by atoms with Crippen LogP contribution in [-0.4, -0.2) is 33.0 Å². The van der Waals surface area contributed by atoms with Crippen molar-refractivity contribution in [1.82, 2.24) is 10.0 Å². The van der Waals surface area contributed by atoms with Crippen LogP contribution in [0.4, 0.5) is 0 Å². The number of halogens is 1. The Kier molecular flexibility index (Phi) is 7.31. The smallest absolute Gasteiger partial charge is 0.258 e. The first-order valence-corrected chi connectivity index (χ1v) is 9.25. The molecule has 130 valence electrons. The van der Waals surface area contributed by atoms with Gasteiger partial charge in [-0.2, -0.15) is 0 Å². The van der Waals surface area contributed by atoms with E-state index in [1.165, 1.54) is 18.2 Å². The summed E-state index contributed by atoms with van der Waals surface area (Å²) in [5.41, 5.74) is 0. The van der Waals surface area contributed by atoms with Gasteiger partial charge in [-0.25, -0.2) is 13.1 Å². The van der Waals surface area contributed by atoms with Gasteiger partial charge in [-0.1, -0.05) is 18.5 Å². The summed E-state index contributed by atoms with van der Waals surface area (Å²) in [7, 11) is -3.62. The third-order valence-electron chi connectivity index (χ3n) is 2.98. The Hall–Kier alpha value is -1.31. The minimum atomic E-state index is -3.62. The molecule has 0 aliphatic rings. The Morgan fingerprint density at radius 3 is 2.48 bits per heavy atom. The van der Waals surface area contributed by atoms with Crippen LogP contribution >= 0.6 is 11.6 Å². The van der Waals surface area contributed by atoms with Gasteiger partial charge in [-0.3, -0.25) is 4.79 Å². The fourth-order valence-corrected chi connectivity index (χ4v) is 3.28. The molecular weight excluding hydrogens is 340 g/mol. The summed E-state index contributed by atoms with van der Waals surface area (Å²) < 4.78 is 31.9. The number of rotatable bonds is 8. The Morgan fingerprint density at radius 2 is 1.96 bits per heavy atom. The number of ether oxygens (including phenoxy) is 1. The van der Waals surface area contributed by atoms with E-state index < -0.39 is 10.0 Å². The first kappa shape index (κ1) is 19.7. The van der Waals surface area contributed by atoms with Gasteiger partial charge in [0.1, 0.15) is 5.75 Å². The molecule has 0 heterocycles. The van der Waals surface area contributed by atoms with E-state index in [9.17, 15) is 13.2 Å². The molecule has 0 saturated carbocycles. The average Bonchev–Trinajstić information content (AvgIpc) is 2.44. The number of amides is 1. The molecule has 2 N–H and O–H groups in total. The van der Waals surface area contributed by atoms with Gasteiger partial charge in [0.05, 0.1) is 9.92 Å². The van der Waals surface area contributed by atoms with Gasteiger partial charge in [-0.05, 0) is 45.4 Å². The van der Waals surface area contributed by atoms with Gasteiger partial charge in [0, 0.05) is 12.1 Å². The fraction of sp³-hybridized carbons (Fsp3) is 0.533. The number of sulfonamides is 1. The largest absolute Gasteiger partial charge is 0.482 e. The third kappa shape index (κ3) is 6.37. The third-order valence-corrected chi connectivity index (χ3v) is 4.93. The Bertz CT molecular complexity index is 647. The molecule has 1 aromatic carbocycles. The van der Waals surface area contributed by atoms with Crippen LogP contribution in [0.3, 0.4) is 0 Å². The van der Waals surface area contributed by atoms with E-state index in [1.54, 1.807) is 13.8 Å². The number of nitrogens with one attached hydrogen (secondary N) is 2. The van der Waals surface area contributed by atoms with Crippen molar-refractivity contribution in [3.05, 3.63) is 23.2 Å². The van der Waals surface area contributed by atoms with Crippen LogP contribution in [0, 0.1) is 0 Å². The number of benzene rings is 1. The first-order valence-electron chi connectivity index (χ1n) is 7.39. The van der Waals surface area contributed by atoms with E-state index in [0.717, 1.165) is 6.42 Å². The average molecular weight is 363 g/mol. The molecule has 1 aromatic rings. The van der Waals surface area contributed by atoms with Crippen LogP contribution in [-0.2, 0) is 14.8 Å². The van der Waals surface area contributed by atoms with Gasteiger partial charge in [0.2, 0.25) is 10.0 Å². The number of carbonyl (C=O) groups is 1. The topological polar surface area (TPSA) is 84.5 Å². The van der Waals surface area contributed by atoms with Crippen molar-refractivity contribution in [1.29, 1.82) is 0 Å². The molecule has 1 amide bonds. The highest BCUT2D eigenvalue weighted by atomic mass is 35.5. The summed E-state index contributed by atoms with van der Waals surface area (Å²) in [6, 6.07) is 3.97. The van der Waals surface area contributed by atoms with Crippen LogP contribution in [0.1, 0.15) is 34.1 Å². The molecule has 6 nitrogen and oxygen atoms in total. The van der Waals surface area contributed by atoms with Gasteiger partial charge >= 0.3 is 0 Å². The predicted octanol–water partition coefficient (Wildman–Crippen LogP) is 2.32. The Balaban J connectivity index is 2.76. The van der Waals surface area contributed by atoms with Crippen molar-refractivity contribution in [2.75, 3.05) is 6.61 Å². The number of hydrogen-bond donors (Lipinski definition) is 2. The Labute approximate surface area is 142 Å². The standard InChI is InChI=1S/C15H23ClN2O4S/c1-5-11(4)17-15(19)9-22-14-7-6-12(8-13(14)16)23(20,21)18-10(2)3/h6-8,10-11,18H,5,9H2,1-4H3,(H,17,19)/t11-/m0/s1. The molecule has 0 radical (unpaired) electrons. The lowest BCUT2D eigenvalue weighted by Crippen LogP contribution is -2.35. The molecule has 0 unspecified atom stereocenters. The van der Waals surface area contributed by atoms with E-state index in [1.807, 2.05) is 13.8 Å². The van der Waals surface area contributed by atoms with E-state index >= 15 is 0 Å². The van der Waals surface area contributed by atoms with Crippen molar-refractivity contribution in [2.24, 2.45) is 0 Å². The predicted molar refractivity (Wildman–Crippen MR) is 90.3 cm³/mol. The lowest BCUT2D eigenvalue weighted by Gasteiger charge is -2.14. The second-order valence-corrected chi connectivity index (χ2v) is 7.65. The summed E-state index contributed by atoms with van der Waals surface area (Å²) in [4.78, 5) is 11.7. The van der Waals surface area contributed by atoms with Gasteiger partial charge in [0.15, 0.2) is 6.61 Å². The summed E-state index contributed by atoms with van der Waals surface area (Å²) in [6.45, 7) is 7.14. The van der Waals surface area contributed by atoms with Crippen molar-refractivity contribution in [3.63, 3.8) is 0 Å². The molecular formula is C15H23ClN2O4S. The van der Waals surface area contributed by atoms with Crippen LogP contribution in [0.5, 0.6) is 5.75 Å². The SMILES string of the molecule is CC[C@H](C)NC(=O)COc1ccc(S(=O)(=O)NC(C)C)cc1Cl. The van der Waals surface area contributed by atoms with Crippen molar-refractivity contribution < 1.29 is 17.9 Å². The maximum atomic E-state index is 12.1. The number of carbonyl (C=O) groups excluding carboxylic acids is 1. The molecule has 0 aliphatic heterocycles. The zero-order chi connectivity index (χ0) is 17.6. The zero-order valence-corrected chi connectivity index (χ0v) is 15.3. The quantitative estimate of drug-likeness (QED) is 0.743. The highest BCUT2D eigenvalue weighted by Crippen LogP contribution is 2.27. The molecule has 0 aromatic heterocycles. The second kappa shape index (κ2) is 8.52. The molecule has 0 bridgehead atoms. The molecule has 1 rings (SSSR count). The maximum Gasteiger partial charge on any atom is 0.258 e. The molecule has 23 heavy (non-hydrogen) atoms. The van der Waals surface area contributed by atoms with E-state index in [4.69, 9.17) is 16.3 Å². The highest BCUT2D eigenvalue weighted by molar-refractivity contribution is 7.89. The second-order valence-electron chi connectivity index (χ2n) is 5.53. The maximum absolute atomic E-state index is 12.1. The van der Waals surface area contributed by atoms with Crippen molar-refractivity contribution >= 4 is 27.5 Å². The van der Waals surface area contributed by atoms with Crippen LogP contribution < -0.4 is 14.8 Å². The zero-order valence-electron chi connectivity index (χ0n) is 13.7. The number of hydrogen-bond acceptors (Lipinski definition) is 4. The molecule has 0 fully saturated rings. The van der Waals surface area contributed by atoms with Crippen LogP contribution in [0.25, 0.3) is 0 Å². The highest BCUT2D eigenvalue weighted by Gasteiger charge is 2.17. The Morgan fingerprint density at radius 1 is 1.30 bits per heavy atom. The van der Waals surface area contributed by atoms with Gasteiger partial charge in [-0.15, -0.1) is 0 Å². The molecule has 8 heteroatoms. The first-order chi connectivity index (χ1) is 10.7. The molecule has 0 aliphatic carbocycles. The summed E-state index contributed by atoms with van der Waals surface area (Å²) >= 11 is 6.04. The molecule has 1 atom stereocenters. The fourth-order valence-electron chi connectivity index (χ4n) is 1.71. The minimum absolute atomic E-state index is 0.0487. The summed E-state index contributed by atoms with van der Waals surface area (Å²) in [5.74, 6) is 0.00283. The van der Waals surface area contributed by atoms with E-state index in [-0.39, 0.29) is 40.3 Å². The normalized spacial score (nSPS) is 13.0. The lowest BCUT2D eigenvalue weighted by molar-refractivity contribution is -0.123. The monoisotopic (exact) mass is 362 g/mol. The molecule has 0 saturated heterocycles. The van der Waals surface area contributed by atoms with Gasteiger partial charge in [0.25, 0.3) is 5.91 Å².